The van der Waals surface area contributed by atoms with Crippen molar-refractivity contribution in [2.75, 3.05) is 19.8 Å². The summed E-state index contributed by atoms with van der Waals surface area (Å²) in [6.45, 7) is 4.19. The van der Waals surface area contributed by atoms with Crippen LogP contribution >= 0.6 is 0 Å². The molecule has 0 aliphatic carbocycles. The lowest BCUT2D eigenvalue weighted by Crippen LogP contribution is -2.28. The van der Waals surface area contributed by atoms with Crippen LogP contribution < -0.4 is 5.73 Å². The van der Waals surface area contributed by atoms with Crippen LogP contribution in [0.4, 0.5) is 0 Å². The maximum Gasteiger partial charge on any atom is 0.0808 e. The molecule has 0 spiro atoms. The zero-order chi connectivity index (χ0) is 8.81. The summed E-state index contributed by atoms with van der Waals surface area (Å²) in [6.07, 6.45) is 3.92. The summed E-state index contributed by atoms with van der Waals surface area (Å²) in [5, 5.41) is 0. The first-order valence-corrected chi connectivity index (χ1v) is 4.74. The average Bonchev–Trinajstić information content (AvgIpc) is 2.05. The minimum absolute atomic E-state index is 0.133. The van der Waals surface area contributed by atoms with E-state index in [2.05, 4.69) is 0 Å². The Bertz CT molecular complexity index is 111. The van der Waals surface area contributed by atoms with Gasteiger partial charge in [-0.1, -0.05) is 0 Å². The van der Waals surface area contributed by atoms with Gasteiger partial charge in [0.15, 0.2) is 0 Å². The lowest BCUT2D eigenvalue weighted by Gasteiger charge is -2.22. The molecular weight excluding hydrogens is 154 g/mol. The standard InChI is InChI=1S/C9H19NO2/c1-8(10)6-11-7-9-4-2-3-5-12-9/h8-9H,2-7,10H2,1H3/t8-,9?/m1/s1. The van der Waals surface area contributed by atoms with E-state index in [-0.39, 0.29) is 6.04 Å². The molecule has 1 saturated heterocycles. The van der Waals surface area contributed by atoms with Crippen molar-refractivity contribution >= 4 is 0 Å². The summed E-state index contributed by atoms with van der Waals surface area (Å²) in [5.41, 5.74) is 5.54. The minimum atomic E-state index is 0.133. The molecule has 1 heterocycles. The van der Waals surface area contributed by atoms with Gasteiger partial charge in [-0.05, 0) is 26.2 Å². The third kappa shape index (κ3) is 4.04. The highest BCUT2D eigenvalue weighted by molar-refractivity contribution is 4.62. The topological polar surface area (TPSA) is 44.5 Å². The molecule has 2 N–H and O–H groups in total. The van der Waals surface area contributed by atoms with Crippen molar-refractivity contribution in [1.29, 1.82) is 0 Å². The molecular formula is C9H19NO2. The minimum Gasteiger partial charge on any atom is -0.377 e. The van der Waals surface area contributed by atoms with E-state index in [4.69, 9.17) is 15.2 Å². The third-order valence-electron chi connectivity index (χ3n) is 1.96. The van der Waals surface area contributed by atoms with Crippen molar-refractivity contribution in [2.24, 2.45) is 5.73 Å². The zero-order valence-corrected chi connectivity index (χ0v) is 7.79. The van der Waals surface area contributed by atoms with Gasteiger partial charge in [0.05, 0.1) is 19.3 Å². The van der Waals surface area contributed by atoms with Crippen molar-refractivity contribution in [1.82, 2.24) is 0 Å². The molecule has 2 atom stereocenters. The fourth-order valence-electron chi connectivity index (χ4n) is 1.32. The van der Waals surface area contributed by atoms with Crippen LogP contribution in [0.15, 0.2) is 0 Å². The fraction of sp³-hybridized carbons (Fsp3) is 1.00. The molecule has 3 heteroatoms. The van der Waals surface area contributed by atoms with Gasteiger partial charge < -0.3 is 15.2 Å². The van der Waals surface area contributed by atoms with Gasteiger partial charge in [0.2, 0.25) is 0 Å². The van der Waals surface area contributed by atoms with Crippen LogP contribution in [-0.2, 0) is 9.47 Å². The van der Waals surface area contributed by atoms with Crippen LogP contribution in [0.5, 0.6) is 0 Å². The lowest BCUT2D eigenvalue weighted by molar-refractivity contribution is -0.0420. The Balaban J connectivity index is 1.98. The van der Waals surface area contributed by atoms with E-state index in [0.29, 0.717) is 19.3 Å². The summed E-state index contributed by atoms with van der Waals surface area (Å²) in [7, 11) is 0. The van der Waals surface area contributed by atoms with E-state index >= 15 is 0 Å². The monoisotopic (exact) mass is 173 g/mol. The molecule has 3 nitrogen and oxygen atoms in total. The smallest absolute Gasteiger partial charge is 0.0808 e. The van der Waals surface area contributed by atoms with Crippen LogP contribution in [0.2, 0.25) is 0 Å². The van der Waals surface area contributed by atoms with E-state index < -0.39 is 0 Å². The molecule has 1 aliphatic rings. The molecule has 1 unspecified atom stereocenters. The zero-order valence-electron chi connectivity index (χ0n) is 7.79. The van der Waals surface area contributed by atoms with Gasteiger partial charge in [-0.25, -0.2) is 0 Å². The van der Waals surface area contributed by atoms with E-state index in [0.717, 1.165) is 13.0 Å². The molecule has 0 amide bonds. The van der Waals surface area contributed by atoms with Crippen LogP contribution in [0.1, 0.15) is 26.2 Å². The molecule has 0 aromatic carbocycles. The Kier molecular flexibility index (Phi) is 4.58. The Hall–Kier alpha value is -0.120. The van der Waals surface area contributed by atoms with E-state index in [1.165, 1.54) is 12.8 Å². The predicted molar refractivity (Wildman–Crippen MR) is 48.1 cm³/mol. The highest BCUT2D eigenvalue weighted by Gasteiger charge is 2.13. The van der Waals surface area contributed by atoms with Gasteiger partial charge in [0, 0.05) is 12.6 Å². The normalized spacial score (nSPS) is 27.0. The number of nitrogens with two attached hydrogens (primary N) is 1. The van der Waals surface area contributed by atoms with E-state index in [9.17, 15) is 0 Å². The average molecular weight is 173 g/mol. The van der Waals surface area contributed by atoms with Crippen LogP contribution in [0.25, 0.3) is 0 Å². The predicted octanol–water partition coefficient (Wildman–Crippen LogP) is 0.919. The maximum atomic E-state index is 5.54. The largest absolute Gasteiger partial charge is 0.377 e. The van der Waals surface area contributed by atoms with E-state index in [1.54, 1.807) is 0 Å². The molecule has 0 saturated carbocycles. The highest BCUT2D eigenvalue weighted by Crippen LogP contribution is 2.12. The third-order valence-corrected chi connectivity index (χ3v) is 1.96. The number of rotatable bonds is 4. The Morgan fingerprint density at radius 3 is 3.00 bits per heavy atom. The first kappa shape index (κ1) is 9.96. The molecule has 1 rings (SSSR count). The van der Waals surface area contributed by atoms with Gasteiger partial charge in [-0.15, -0.1) is 0 Å². The summed E-state index contributed by atoms with van der Waals surface area (Å²) in [6, 6.07) is 0.133. The summed E-state index contributed by atoms with van der Waals surface area (Å²) >= 11 is 0. The van der Waals surface area contributed by atoms with Crippen LogP contribution in [0, 0.1) is 0 Å². The molecule has 0 aromatic heterocycles. The van der Waals surface area contributed by atoms with Crippen molar-refractivity contribution in [3.63, 3.8) is 0 Å². The molecule has 0 bridgehead atoms. The first-order chi connectivity index (χ1) is 5.79. The van der Waals surface area contributed by atoms with Crippen LogP contribution in [-0.4, -0.2) is 32.0 Å². The quantitative estimate of drug-likeness (QED) is 0.687. The number of ether oxygens (including phenoxy) is 2. The summed E-state index contributed by atoms with van der Waals surface area (Å²) in [5.74, 6) is 0. The van der Waals surface area contributed by atoms with Crippen molar-refractivity contribution in [3.05, 3.63) is 0 Å². The fourth-order valence-corrected chi connectivity index (χ4v) is 1.32. The lowest BCUT2D eigenvalue weighted by atomic mass is 10.1. The van der Waals surface area contributed by atoms with Gasteiger partial charge in [0.25, 0.3) is 0 Å². The van der Waals surface area contributed by atoms with E-state index in [1.807, 2.05) is 6.92 Å². The van der Waals surface area contributed by atoms with Gasteiger partial charge in [0.1, 0.15) is 0 Å². The van der Waals surface area contributed by atoms with Gasteiger partial charge in [-0.2, -0.15) is 0 Å². The molecule has 72 valence electrons. The SMILES string of the molecule is C[C@@H](N)COCC1CCCCO1. The molecule has 1 aliphatic heterocycles. The maximum absolute atomic E-state index is 5.54. The molecule has 0 aromatic rings. The molecule has 0 radical (unpaired) electrons. The molecule has 12 heavy (non-hydrogen) atoms. The van der Waals surface area contributed by atoms with Crippen molar-refractivity contribution in [2.45, 2.75) is 38.3 Å². The van der Waals surface area contributed by atoms with Crippen molar-refractivity contribution < 1.29 is 9.47 Å². The molecule has 1 fully saturated rings. The number of hydrogen-bond donors (Lipinski definition) is 1. The Labute approximate surface area is 74.2 Å². The van der Waals surface area contributed by atoms with Crippen molar-refractivity contribution in [3.8, 4) is 0 Å². The second-order valence-electron chi connectivity index (χ2n) is 3.50. The van der Waals surface area contributed by atoms with Crippen LogP contribution in [0.3, 0.4) is 0 Å². The summed E-state index contributed by atoms with van der Waals surface area (Å²) in [4.78, 5) is 0. The second-order valence-corrected chi connectivity index (χ2v) is 3.50. The second kappa shape index (κ2) is 5.51. The number of hydrogen-bond acceptors (Lipinski definition) is 3. The van der Waals surface area contributed by atoms with Gasteiger partial charge >= 0.3 is 0 Å². The Morgan fingerprint density at radius 2 is 2.42 bits per heavy atom. The summed E-state index contributed by atoms with van der Waals surface area (Å²) < 4.78 is 10.9. The first-order valence-electron chi connectivity index (χ1n) is 4.74. The highest BCUT2D eigenvalue weighted by atomic mass is 16.5. The Morgan fingerprint density at radius 1 is 1.58 bits per heavy atom. The van der Waals surface area contributed by atoms with Gasteiger partial charge in [-0.3, -0.25) is 0 Å².